The van der Waals surface area contributed by atoms with Crippen molar-refractivity contribution in [1.82, 2.24) is 0 Å². The fourth-order valence-electron chi connectivity index (χ4n) is 13.9. The predicted octanol–water partition coefficient (Wildman–Crippen LogP) is 16.3. The number of rotatable bonds is 2. The Labute approximate surface area is 417 Å². The van der Waals surface area contributed by atoms with E-state index in [0.29, 0.717) is 0 Å². The summed E-state index contributed by atoms with van der Waals surface area (Å²) in [5.74, 6) is 1.83. The Balaban J connectivity index is 1.13. The van der Waals surface area contributed by atoms with Gasteiger partial charge >= 0.3 is 0 Å². The molecule has 5 aliphatic rings. The smallest absolute Gasteiger partial charge is 0.264 e. The number of anilines is 6. The third-order valence-electron chi connectivity index (χ3n) is 18.0. The van der Waals surface area contributed by atoms with E-state index in [2.05, 4.69) is 219 Å². The highest BCUT2D eigenvalue weighted by molar-refractivity contribution is 7.34. The number of furan rings is 1. The largest absolute Gasteiger partial charge is 0.457 e. The zero-order valence-electron chi connectivity index (χ0n) is 42.6. The minimum Gasteiger partial charge on any atom is -0.457 e. The first-order chi connectivity index (χ1) is 33.3. The zero-order valence-corrected chi connectivity index (χ0v) is 43.4. The van der Waals surface area contributed by atoms with Crippen LogP contribution in [0.4, 0.5) is 34.1 Å². The highest BCUT2D eigenvalue weighted by atomic mass is 32.1. The molecule has 5 heterocycles. The minimum absolute atomic E-state index is 0.0268. The molecule has 0 spiro atoms. The van der Waals surface area contributed by atoms with Crippen molar-refractivity contribution in [1.29, 1.82) is 0 Å². The number of benzene rings is 7. The van der Waals surface area contributed by atoms with E-state index in [-0.39, 0.29) is 33.8 Å². The molecule has 9 aromatic rings. The van der Waals surface area contributed by atoms with Gasteiger partial charge in [-0.25, -0.2) is 0 Å². The fourth-order valence-corrected chi connectivity index (χ4v) is 15.5. The third kappa shape index (κ3) is 5.60. The van der Waals surface area contributed by atoms with E-state index in [4.69, 9.17) is 9.15 Å². The maximum absolute atomic E-state index is 7.04. The molecule has 2 aromatic heterocycles. The molecule has 0 atom stereocenters. The Hall–Kier alpha value is -6.24. The third-order valence-corrected chi connectivity index (χ3v) is 19.3. The summed E-state index contributed by atoms with van der Waals surface area (Å²) in [7, 11) is 0. The van der Waals surface area contributed by atoms with Crippen LogP contribution in [0.25, 0.3) is 32.0 Å². The van der Waals surface area contributed by atoms with Gasteiger partial charge in [-0.2, -0.15) is 0 Å². The van der Waals surface area contributed by atoms with Gasteiger partial charge in [-0.05, 0) is 135 Å². The SMILES string of the molecule is Cc1cc2c3c(c1)N(c1cccc4c1oc1ccccc14)c1cc4c(cc1B3c1sc3c5c(ccc3c1N2c1ccc2c(c1)C(C)(C)CCC2(C)C)C(C)(C)CCC5(C)C)C(C)(C)c1ccccc1O4. The number of ether oxygens (including phenoxy) is 1. The standard InChI is InChI=1S/C64H61BN2O2S/c1-36-31-49-55-50(32-36)67(47-20-16-18-39-38-17-12-14-21-51(38)69-57(39)47)48-35-53-45(64(10,11)42-19-13-15-22-52(42)68-53)34-46(48)65(55)59-56(40-24-26-43-54(58(40)70-59)63(8,9)30-29-61(43,4)5)66(49)37-23-25-41-44(33-37)62(6,7)28-27-60(41,2)3/h12-26,31-35H,27-30H2,1-11H3. The second-order valence-corrected chi connectivity index (χ2v) is 25.7. The molecule has 70 heavy (non-hydrogen) atoms. The molecule has 7 aromatic carbocycles. The molecular formula is C64H61BN2O2S. The summed E-state index contributed by atoms with van der Waals surface area (Å²) in [6.45, 7) is 26.7. The van der Waals surface area contributed by atoms with Crippen LogP contribution in [-0.4, -0.2) is 6.71 Å². The Morgan fingerprint density at radius 3 is 1.99 bits per heavy atom. The molecule has 0 fully saturated rings. The first kappa shape index (κ1) is 42.6. The maximum Gasteiger partial charge on any atom is 0.264 e. The average Bonchev–Trinajstić information content (AvgIpc) is 3.90. The normalized spacial score (nSPS) is 19.2. The number of thiophene rings is 1. The van der Waals surface area contributed by atoms with Gasteiger partial charge in [-0.1, -0.05) is 142 Å². The van der Waals surface area contributed by atoms with Crippen LogP contribution in [0, 0.1) is 6.92 Å². The summed E-state index contributed by atoms with van der Waals surface area (Å²) in [6, 6.07) is 46.2. The van der Waals surface area contributed by atoms with Crippen molar-refractivity contribution in [2.75, 3.05) is 9.80 Å². The van der Waals surface area contributed by atoms with Crippen molar-refractivity contribution in [3.05, 3.63) is 160 Å². The van der Waals surface area contributed by atoms with E-state index in [1.54, 1.807) is 5.56 Å². The molecule has 0 unspecified atom stereocenters. The van der Waals surface area contributed by atoms with E-state index in [1.807, 2.05) is 0 Å². The second-order valence-electron chi connectivity index (χ2n) is 24.6. The molecule has 14 rings (SSSR count). The molecule has 348 valence electrons. The van der Waals surface area contributed by atoms with Crippen molar-refractivity contribution < 1.29 is 9.15 Å². The van der Waals surface area contributed by atoms with Crippen molar-refractivity contribution in [3.8, 4) is 11.5 Å². The summed E-state index contributed by atoms with van der Waals surface area (Å²) in [4.78, 5) is 5.23. The van der Waals surface area contributed by atoms with Gasteiger partial charge in [0.1, 0.15) is 17.1 Å². The van der Waals surface area contributed by atoms with Crippen LogP contribution in [-0.2, 0) is 27.1 Å². The molecule has 0 saturated heterocycles. The minimum atomic E-state index is -0.304. The van der Waals surface area contributed by atoms with Crippen molar-refractivity contribution in [3.63, 3.8) is 0 Å². The number of fused-ring (bicyclic) bond motifs is 14. The molecule has 0 N–H and O–H groups in total. The van der Waals surface area contributed by atoms with Crippen LogP contribution in [0.1, 0.15) is 134 Å². The highest BCUT2D eigenvalue weighted by Crippen LogP contribution is 2.57. The molecule has 6 heteroatoms. The summed E-state index contributed by atoms with van der Waals surface area (Å²) < 4.78 is 16.9. The van der Waals surface area contributed by atoms with Crippen molar-refractivity contribution in [2.24, 2.45) is 0 Å². The quantitative estimate of drug-likeness (QED) is 0.162. The lowest BCUT2D eigenvalue weighted by Gasteiger charge is -2.45. The van der Waals surface area contributed by atoms with Gasteiger partial charge < -0.3 is 19.0 Å². The van der Waals surface area contributed by atoms with Gasteiger partial charge in [0, 0.05) is 71.0 Å². The van der Waals surface area contributed by atoms with Crippen LogP contribution in [0.2, 0.25) is 0 Å². The molecule has 0 amide bonds. The molecule has 0 radical (unpaired) electrons. The van der Waals surface area contributed by atoms with Gasteiger partial charge in [0.25, 0.3) is 6.71 Å². The van der Waals surface area contributed by atoms with Crippen LogP contribution < -0.4 is 30.2 Å². The summed E-state index contributed by atoms with van der Waals surface area (Å²) in [6.07, 6.45) is 4.69. The zero-order chi connectivity index (χ0) is 48.2. The number of hydrogen-bond donors (Lipinski definition) is 0. The van der Waals surface area contributed by atoms with E-state index < -0.39 is 0 Å². The lowest BCUT2D eigenvalue weighted by Crippen LogP contribution is -2.60. The summed E-state index contributed by atoms with van der Waals surface area (Å²) >= 11 is 2.07. The molecule has 4 nitrogen and oxygen atoms in total. The lowest BCUT2D eigenvalue weighted by atomic mass is 9.36. The van der Waals surface area contributed by atoms with Crippen LogP contribution in [0.15, 0.2) is 126 Å². The average molecular weight is 933 g/mol. The summed E-state index contributed by atoms with van der Waals surface area (Å²) in [5, 5.41) is 3.61. The molecule has 0 bridgehead atoms. The van der Waals surface area contributed by atoms with E-state index in [0.717, 1.165) is 57.7 Å². The van der Waals surface area contributed by atoms with Gasteiger partial charge in [0.05, 0.1) is 11.4 Å². The predicted molar refractivity (Wildman–Crippen MR) is 297 cm³/mol. The Bertz CT molecular complexity index is 3790. The van der Waals surface area contributed by atoms with E-state index >= 15 is 0 Å². The molecular weight excluding hydrogens is 872 g/mol. The van der Waals surface area contributed by atoms with Gasteiger partial charge in [-0.3, -0.25) is 0 Å². The highest BCUT2D eigenvalue weighted by Gasteiger charge is 2.49. The lowest BCUT2D eigenvalue weighted by molar-refractivity contribution is 0.332. The Morgan fingerprint density at radius 2 is 1.19 bits per heavy atom. The Morgan fingerprint density at radius 1 is 0.514 bits per heavy atom. The summed E-state index contributed by atoms with van der Waals surface area (Å²) in [5.41, 5.74) is 21.2. The first-order valence-corrected chi connectivity index (χ1v) is 26.5. The van der Waals surface area contributed by atoms with Crippen molar-refractivity contribution in [2.45, 2.75) is 129 Å². The molecule has 3 aliphatic heterocycles. The number of aryl methyl sites for hydroxylation is 1. The fraction of sp³-hybridized carbons (Fsp3) is 0.312. The second kappa shape index (κ2) is 13.8. The first-order valence-electron chi connectivity index (χ1n) is 25.7. The van der Waals surface area contributed by atoms with Gasteiger partial charge in [-0.15, -0.1) is 11.3 Å². The van der Waals surface area contributed by atoms with E-state index in [9.17, 15) is 0 Å². The van der Waals surface area contributed by atoms with Gasteiger partial charge in [0.2, 0.25) is 0 Å². The number of hydrogen-bond acceptors (Lipinski definition) is 5. The van der Waals surface area contributed by atoms with Crippen LogP contribution >= 0.6 is 11.3 Å². The molecule has 0 saturated carbocycles. The molecule has 2 aliphatic carbocycles. The number of para-hydroxylation sites is 3. The topological polar surface area (TPSA) is 28.9 Å². The van der Waals surface area contributed by atoms with Crippen LogP contribution in [0.3, 0.4) is 0 Å². The van der Waals surface area contributed by atoms with Crippen molar-refractivity contribution >= 4 is 99.9 Å². The van der Waals surface area contributed by atoms with Gasteiger partial charge in [0.15, 0.2) is 5.58 Å². The van der Waals surface area contributed by atoms with E-state index in [1.165, 1.54) is 94.8 Å². The number of nitrogens with zero attached hydrogens (tertiary/aromatic N) is 2. The monoisotopic (exact) mass is 932 g/mol. The Kier molecular flexibility index (Phi) is 8.40. The maximum atomic E-state index is 7.04. The van der Waals surface area contributed by atoms with Crippen LogP contribution in [0.5, 0.6) is 11.5 Å².